The van der Waals surface area contributed by atoms with Crippen LogP contribution in [0.1, 0.15) is 43.4 Å². The Morgan fingerprint density at radius 3 is 2.74 bits per heavy atom. The van der Waals surface area contributed by atoms with Crippen molar-refractivity contribution in [2.75, 3.05) is 7.05 Å². The molecule has 0 bridgehead atoms. The minimum atomic E-state index is 0.0233. The van der Waals surface area contributed by atoms with Crippen molar-refractivity contribution in [2.45, 2.75) is 51.6 Å². The maximum absolute atomic E-state index is 12.1. The van der Waals surface area contributed by atoms with E-state index in [2.05, 4.69) is 10.4 Å². The van der Waals surface area contributed by atoms with Gasteiger partial charge in [0.05, 0.1) is 12.2 Å². The molecule has 0 radical (unpaired) electrons. The number of carbonyl (C=O) groups excluding carboxylic acids is 1. The first-order valence-corrected chi connectivity index (χ1v) is 7.07. The second-order valence-electron chi connectivity index (χ2n) is 5.55. The Morgan fingerprint density at radius 1 is 1.47 bits per heavy atom. The molecule has 2 rings (SSSR count). The van der Waals surface area contributed by atoms with Crippen molar-refractivity contribution in [1.29, 1.82) is 0 Å². The van der Waals surface area contributed by atoms with Crippen LogP contribution in [0.25, 0.3) is 0 Å². The van der Waals surface area contributed by atoms with Crippen LogP contribution in [0, 0.1) is 6.92 Å². The number of carbonyl (C=O) groups is 1. The van der Waals surface area contributed by atoms with Crippen LogP contribution in [0.4, 0.5) is 4.79 Å². The lowest BCUT2D eigenvalue weighted by molar-refractivity contribution is 0.198. The van der Waals surface area contributed by atoms with E-state index in [1.54, 1.807) is 9.58 Å². The topological polar surface area (TPSA) is 50.2 Å². The molecule has 5 nitrogen and oxygen atoms in total. The molecule has 106 valence electrons. The molecule has 1 aliphatic carbocycles. The zero-order valence-corrected chi connectivity index (χ0v) is 12.1. The summed E-state index contributed by atoms with van der Waals surface area (Å²) in [5.74, 6) is 0. The zero-order chi connectivity index (χ0) is 13.8. The minimum absolute atomic E-state index is 0.0233. The van der Waals surface area contributed by atoms with E-state index in [1.807, 2.05) is 27.2 Å². The lowest BCUT2D eigenvalue weighted by Gasteiger charge is -2.26. The van der Waals surface area contributed by atoms with E-state index < -0.39 is 0 Å². The number of nitrogens with zero attached hydrogens (tertiary/aromatic N) is 3. The quantitative estimate of drug-likeness (QED) is 0.910. The third-order valence-corrected chi connectivity index (χ3v) is 3.80. The molecule has 0 saturated heterocycles. The van der Waals surface area contributed by atoms with E-state index in [0.717, 1.165) is 24.1 Å². The summed E-state index contributed by atoms with van der Waals surface area (Å²) in [6.07, 6.45) is 7.97. The highest BCUT2D eigenvalue weighted by Gasteiger charge is 2.18. The van der Waals surface area contributed by atoms with Crippen LogP contribution in [0.5, 0.6) is 0 Å². The Bertz CT molecular complexity index is 435. The van der Waals surface area contributed by atoms with Crippen LogP contribution in [-0.2, 0) is 13.6 Å². The van der Waals surface area contributed by atoms with Gasteiger partial charge in [-0.25, -0.2) is 4.79 Å². The highest BCUT2D eigenvalue weighted by atomic mass is 16.2. The molecule has 1 heterocycles. The summed E-state index contributed by atoms with van der Waals surface area (Å²) in [4.78, 5) is 13.9. The Kier molecular flexibility index (Phi) is 4.45. The molecule has 19 heavy (non-hydrogen) atoms. The molecule has 2 amide bonds. The first kappa shape index (κ1) is 13.9. The molecule has 1 aliphatic rings. The predicted octanol–water partition coefficient (Wildman–Crippen LogP) is 2.20. The number of urea groups is 1. The summed E-state index contributed by atoms with van der Waals surface area (Å²) < 4.78 is 1.79. The van der Waals surface area contributed by atoms with Crippen molar-refractivity contribution < 1.29 is 4.79 Å². The number of hydrogen-bond donors (Lipinski definition) is 1. The fourth-order valence-corrected chi connectivity index (χ4v) is 2.66. The molecule has 0 aromatic carbocycles. The molecule has 1 fully saturated rings. The van der Waals surface area contributed by atoms with Crippen LogP contribution in [-0.4, -0.2) is 33.8 Å². The van der Waals surface area contributed by atoms with E-state index >= 15 is 0 Å². The lowest BCUT2D eigenvalue weighted by Crippen LogP contribution is -2.43. The van der Waals surface area contributed by atoms with Crippen molar-refractivity contribution in [1.82, 2.24) is 20.0 Å². The molecular formula is C14H24N4O. The molecule has 1 N–H and O–H groups in total. The maximum Gasteiger partial charge on any atom is 0.317 e. The SMILES string of the molecule is Cc1nn(C)cc1CN(C)C(=O)NC1CCCCC1. The van der Waals surface area contributed by atoms with Crippen LogP contribution in [0.3, 0.4) is 0 Å². The van der Waals surface area contributed by atoms with E-state index in [4.69, 9.17) is 0 Å². The summed E-state index contributed by atoms with van der Waals surface area (Å²) in [6.45, 7) is 2.58. The van der Waals surface area contributed by atoms with E-state index in [-0.39, 0.29) is 6.03 Å². The van der Waals surface area contributed by atoms with Gasteiger partial charge in [-0.1, -0.05) is 19.3 Å². The first-order chi connectivity index (χ1) is 9.06. The van der Waals surface area contributed by atoms with Gasteiger partial charge in [0.2, 0.25) is 0 Å². The van der Waals surface area contributed by atoms with Crippen LogP contribution < -0.4 is 5.32 Å². The van der Waals surface area contributed by atoms with Gasteiger partial charge in [-0.15, -0.1) is 0 Å². The average molecular weight is 264 g/mol. The maximum atomic E-state index is 12.1. The molecule has 0 atom stereocenters. The van der Waals surface area contributed by atoms with Crippen LogP contribution in [0.2, 0.25) is 0 Å². The van der Waals surface area contributed by atoms with E-state index in [0.29, 0.717) is 12.6 Å². The zero-order valence-electron chi connectivity index (χ0n) is 12.1. The molecule has 5 heteroatoms. The average Bonchev–Trinajstić information content (AvgIpc) is 2.69. The van der Waals surface area contributed by atoms with Crippen molar-refractivity contribution in [3.63, 3.8) is 0 Å². The van der Waals surface area contributed by atoms with Gasteiger partial charge in [0.25, 0.3) is 0 Å². The first-order valence-electron chi connectivity index (χ1n) is 7.07. The number of rotatable bonds is 3. The Hall–Kier alpha value is -1.52. The minimum Gasteiger partial charge on any atom is -0.335 e. The molecule has 1 aromatic rings. The largest absolute Gasteiger partial charge is 0.335 e. The van der Waals surface area contributed by atoms with Crippen LogP contribution in [0.15, 0.2) is 6.20 Å². The van der Waals surface area contributed by atoms with E-state index in [9.17, 15) is 4.79 Å². The highest BCUT2D eigenvalue weighted by Crippen LogP contribution is 2.17. The van der Waals surface area contributed by atoms with Crippen molar-refractivity contribution >= 4 is 6.03 Å². The van der Waals surface area contributed by atoms with Gasteiger partial charge >= 0.3 is 6.03 Å². The van der Waals surface area contributed by atoms with Crippen molar-refractivity contribution in [2.24, 2.45) is 7.05 Å². The summed E-state index contributed by atoms with van der Waals surface area (Å²) in [5, 5.41) is 7.42. The van der Waals surface area contributed by atoms with E-state index in [1.165, 1.54) is 19.3 Å². The molecule has 0 spiro atoms. The molecule has 0 aliphatic heterocycles. The second kappa shape index (κ2) is 6.08. The Balaban J connectivity index is 1.86. The lowest BCUT2D eigenvalue weighted by atomic mass is 9.96. The molecule has 1 aromatic heterocycles. The molecule has 0 unspecified atom stereocenters. The molecular weight excluding hydrogens is 240 g/mol. The number of amides is 2. The van der Waals surface area contributed by atoms with Gasteiger partial charge in [-0.2, -0.15) is 5.10 Å². The second-order valence-corrected chi connectivity index (χ2v) is 5.55. The summed E-state index contributed by atoms with van der Waals surface area (Å²) in [6, 6.07) is 0.383. The summed E-state index contributed by atoms with van der Waals surface area (Å²) in [7, 11) is 3.74. The fourth-order valence-electron chi connectivity index (χ4n) is 2.66. The van der Waals surface area contributed by atoms with Gasteiger partial charge in [-0.05, 0) is 19.8 Å². The molecule has 1 saturated carbocycles. The number of aromatic nitrogens is 2. The summed E-state index contributed by atoms with van der Waals surface area (Å²) in [5.41, 5.74) is 2.09. The van der Waals surface area contributed by atoms with Gasteiger partial charge in [0.1, 0.15) is 0 Å². The predicted molar refractivity (Wildman–Crippen MR) is 74.8 cm³/mol. The smallest absolute Gasteiger partial charge is 0.317 e. The van der Waals surface area contributed by atoms with Gasteiger partial charge in [-0.3, -0.25) is 4.68 Å². The highest BCUT2D eigenvalue weighted by molar-refractivity contribution is 5.74. The third-order valence-electron chi connectivity index (χ3n) is 3.80. The van der Waals surface area contributed by atoms with Crippen LogP contribution >= 0.6 is 0 Å². The normalized spacial score (nSPS) is 16.4. The van der Waals surface area contributed by atoms with Gasteiger partial charge in [0.15, 0.2) is 0 Å². The van der Waals surface area contributed by atoms with Crippen molar-refractivity contribution in [3.05, 3.63) is 17.5 Å². The number of aryl methyl sites for hydroxylation is 2. The van der Waals surface area contributed by atoms with Gasteiger partial charge < -0.3 is 10.2 Å². The standard InChI is InChI=1S/C14H24N4O/c1-11-12(10-18(3)16-11)9-17(2)14(19)15-13-7-5-4-6-8-13/h10,13H,4-9H2,1-3H3,(H,15,19). The Labute approximate surface area is 115 Å². The third kappa shape index (κ3) is 3.72. The van der Waals surface area contributed by atoms with Gasteiger partial charge in [0, 0.05) is 31.9 Å². The number of nitrogens with one attached hydrogen (secondary N) is 1. The summed E-state index contributed by atoms with van der Waals surface area (Å²) >= 11 is 0. The monoisotopic (exact) mass is 264 g/mol. The Morgan fingerprint density at radius 2 is 2.16 bits per heavy atom. The fraction of sp³-hybridized carbons (Fsp3) is 0.714. The number of hydrogen-bond acceptors (Lipinski definition) is 2. The van der Waals surface area contributed by atoms with Crippen molar-refractivity contribution in [3.8, 4) is 0 Å².